The highest BCUT2D eigenvalue weighted by Crippen LogP contribution is 2.54. The normalized spacial score (nSPS) is 30.8. The predicted octanol–water partition coefficient (Wildman–Crippen LogP) is 7.14. The Kier molecular flexibility index (Phi) is 11.2. The van der Waals surface area contributed by atoms with E-state index in [9.17, 15) is 30.0 Å². The van der Waals surface area contributed by atoms with Gasteiger partial charge in [-0.05, 0) is 51.5 Å². The van der Waals surface area contributed by atoms with E-state index < -0.39 is 71.3 Å². The van der Waals surface area contributed by atoms with Crippen molar-refractivity contribution in [3.63, 3.8) is 0 Å². The number of allylic oxidation sites excluding steroid dienone is 3. The Morgan fingerprint density at radius 2 is 1.70 bits per heavy atom. The van der Waals surface area contributed by atoms with Crippen LogP contribution in [-0.2, 0) is 19.0 Å². The van der Waals surface area contributed by atoms with Crippen LogP contribution in [0.5, 0.6) is 17.2 Å². The molecule has 9 atom stereocenters. The van der Waals surface area contributed by atoms with E-state index in [4.69, 9.17) is 23.9 Å². The number of methoxy groups -OCH3 is 1. The molecule has 0 spiro atoms. The summed E-state index contributed by atoms with van der Waals surface area (Å²) < 4.78 is 26.1. The number of benzene rings is 2. The molecule has 5 N–H and O–H groups in total. The molecule has 0 aliphatic carbocycles. The molecule has 13 nitrogen and oxygen atoms in total. The molecule has 3 aliphatic rings. The molecule has 2 aromatic heterocycles. The second-order valence-corrected chi connectivity index (χ2v) is 15.8. The van der Waals surface area contributed by atoms with Crippen LogP contribution in [0.25, 0.3) is 27.5 Å². The van der Waals surface area contributed by atoms with Gasteiger partial charge in [0.1, 0.15) is 40.0 Å². The first-order chi connectivity index (χ1) is 26.8. The summed E-state index contributed by atoms with van der Waals surface area (Å²) in [6.45, 7) is 19.5. The monoisotopic (exact) mass is 783 g/mol. The lowest BCUT2D eigenvalue weighted by Gasteiger charge is -2.38. The minimum absolute atomic E-state index is 0.0256. The number of hydrogen-bond acceptors (Lipinski definition) is 11. The van der Waals surface area contributed by atoms with Gasteiger partial charge in [-0.2, -0.15) is 0 Å². The summed E-state index contributed by atoms with van der Waals surface area (Å²) in [6, 6.07) is 3.66. The number of aliphatic hydroxyl groups is 2. The molecular weight excluding hydrogens is 730 g/mol. The Balaban J connectivity index is 1.58. The SMILES string of the molecule is C=C(C)OC1[C@H](C)[C@H](O)[C@H](C)[C@@H](O)[C@@H](C)/C=C/C=C(/C)C(=O)Nc2c(O)c3c(O)c(C)c4c(c3c3nc5cc(C)ccn5c23)C(=O)[C@@](C)(O/C=C/[C@H](OC)[C@H]1C)O4. The second-order valence-electron chi connectivity index (χ2n) is 15.8. The molecule has 5 bridgehead atoms. The van der Waals surface area contributed by atoms with E-state index in [2.05, 4.69) is 11.9 Å². The number of phenols is 2. The number of aliphatic hydroxyl groups excluding tert-OH is 2. The van der Waals surface area contributed by atoms with Crippen LogP contribution in [0.4, 0.5) is 5.69 Å². The predicted molar refractivity (Wildman–Crippen MR) is 217 cm³/mol. The van der Waals surface area contributed by atoms with E-state index in [1.807, 2.05) is 39.8 Å². The fraction of sp³-hybridized carbons (Fsp3) is 0.432. The molecule has 5 heterocycles. The third-order valence-electron chi connectivity index (χ3n) is 11.6. The van der Waals surface area contributed by atoms with Crippen LogP contribution in [0.15, 0.2) is 66.8 Å². The van der Waals surface area contributed by atoms with E-state index in [0.717, 1.165) is 5.56 Å². The molecule has 0 fully saturated rings. The molecule has 1 amide bonds. The van der Waals surface area contributed by atoms with Crippen molar-refractivity contribution < 1.29 is 49.0 Å². The maximum Gasteiger partial charge on any atom is 0.312 e. The number of phenolic OH excluding ortho intramolecular Hbond substituents is 2. The number of carbonyl (C=O) groups excluding carboxylic acids is 2. The van der Waals surface area contributed by atoms with Crippen molar-refractivity contribution in [3.8, 4) is 17.2 Å². The van der Waals surface area contributed by atoms with Gasteiger partial charge in [0.05, 0.1) is 41.3 Å². The highest BCUT2D eigenvalue weighted by molar-refractivity contribution is 6.28. The number of hydrogen-bond donors (Lipinski definition) is 5. The molecule has 1 unspecified atom stereocenters. The third kappa shape index (κ3) is 7.13. The van der Waals surface area contributed by atoms with E-state index in [-0.39, 0.29) is 55.7 Å². The number of carbonyl (C=O) groups is 2. The fourth-order valence-corrected chi connectivity index (χ4v) is 8.07. The Morgan fingerprint density at radius 1 is 1.00 bits per heavy atom. The van der Waals surface area contributed by atoms with E-state index >= 15 is 0 Å². The number of nitrogens with zero attached hydrogens (tertiary/aromatic N) is 2. The van der Waals surface area contributed by atoms with E-state index in [1.54, 1.807) is 62.6 Å². The average molecular weight is 784 g/mol. The molecule has 0 radical (unpaired) electrons. The number of ether oxygens (including phenoxy) is 4. The zero-order valence-electron chi connectivity index (χ0n) is 34.1. The summed E-state index contributed by atoms with van der Waals surface area (Å²) in [5, 5.41) is 49.6. The van der Waals surface area contributed by atoms with Crippen molar-refractivity contribution in [1.82, 2.24) is 9.38 Å². The van der Waals surface area contributed by atoms with Crippen molar-refractivity contribution in [2.45, 2.75) is 92.5 Å². The molecule has 4 aromatic rings. The zero-order chi connectivity index (χ0) is 41.8. The van der Waals surface area contributed by atoms with Crippen molar-refractivity contribution in [3.05, 3.63) is 83.5 Å². The number of rotatable bonds is 3. The molecule has 57 heavy (non-hydrogen) atoms. The number of aromatic hydroxyl groups is 2. The van der Waals surface area contributed by atoms with Gasteiger partial charge in [-0.25, -0.2) is 4.98 Å². The average Bonchev–Trinajstić information content (AvgIpc) is 3.67. The van der Waals surface area contributed by atoms with Crippen molar-refractivity contribution >= 4 is 44.8 Å². The first kappa shape index (κ1) is 41.3. The summed E-state index contributed by atoms with van der Waals surface area (Å²) in [7, 11) is 1.52. The summed E-state index contributed by atoms with van der Waals surface area (Å²) in [6.07, 6.45) is 6.42. The minimum atomic E-state index is -1.92. The molecule has 3 aliphatic heterocycles. The molecule has 2 aromatic carbocycles. The van der Waals surface area contributed by atoms with Crippen LogP contribution >= 0.6 is 0 Å². The Labute approximate surface area is 331 Å². The molecule has 7 rings (SSSR count). The fourth-order valence-electron chi connectivity index (χ4n) is 8.07. The number of nitrogens with one attached hydrogen (secondary N) is 1. The quantitative estimate of drug-likeness (QED) is 0.105. The number of fused-ring (bicyclic) bond motifs is 14. The number of ketones is 1. The van der Waals surface area contributed by atoms with Crippen molar-refractivity contribution in [2.75, 3.05) is 12.4 Å². The Bertz CT molecular complexity index is 2380. The third-order valence-corrected chi connectivity index (χ3v) is 11.6. The standard InChI is InChI=1S/C44H53N3O10/c1-20(2)56-40-24(6)28(54-11)16-18-55-44(10)42(52)32-30-31(38(50)27(9)41(32)57-44)39(51)34(35-33(30)45-29-19-21(3)15-17-47(29)35)46-43(53)23(5)14-12-13-22(4)36(48)25(7)37(49)26(40)8/h12-19,22,24-26,28,36-37,40,48-51H,1H2,2-11H3,(H,46,53)/b13-12+,18-16+,23-14-/t22-,24+,25+,26+,28-,36-,37+,40?,44-/m0/s1. The molecule has 0 saturated heterocycles. The summed E-state index contributed by atoms with van der Waals surface area (Å²) >= 11 is 0. The number of aryl methyl sites for hydroxylation is 1. The lowest BCUT2D eigenvalue weighted by molar-refractivity contribution is -0.112. The maximum atomic E-state index is 14.6. The van der Waals surface area contributed by atoms with Gasteiger partial charge in [0.25, 0.3) is 11.7 Å². The van der Waals surface area contributed by atoms with Gasteiger partial charge < -0.3 is 44.7 Å². The van der Waals surface area contributed by atoms with Crippen molar-refractivity contribution in [2.24, 2.45) is 23.7 Å². The lowest BCUT2D eigenvalue weighted by atomic mass is 9.78. The van der Waals surface area contributed by atoms with Crippen LogP contribution in [-0.4, -0.2) is 78.8 Å². The van der Waals surface area contributed by atoms with Gasteiger partial charge >= 0.3 is 5.79 Å². The first-order valence-electron chi connectivity index (χ1n) is 19.1. The molecule has 13 heteroatoms. The highest BCUT2D eigenvalue weighted by atomic mass is 16.7. The van der Waals surface area contributed by atoms with E-state index in [1.165, 1.54) is 20.3 Å². The van der Waals surface area contributed by atoms with Gasteiger partial charge in [0, 0.05) is 60.4 Å². The van der Waals surface area contributed by atoms with Gasteiger partial charge in [0.15, 0.2) is 5.75 Å². The van der Waals surface area contributed by atoms with Crippen LogP contribution in [0.1, 0.15) is 70.0 Å². The number of amides is 1. The van der Waals surface area contributed by atoms with Gasteiger partial charge in [-0.15, -0.1) is 0 Å². The summed E-state index contributed by atoms with van der Waals surface area (Å²) in [5.74, 6) is -5.35. The highest BCUT2D eigenvalue weighted by Gasteiger charge is 2.49. The van der Waals surface area contributed by atoms with Crippen molar-refractivity contribution in [1.29, 1.82) is 0 Å². The maximum absolute atomic E-state index is 14.6. The summed E-state index contributed by atoms with van der Waals surface area (Å²) in [5.41, 5.74) is 2.34. The summed E-state index contributed by atoms with van der Waals surface area (Å²) in [4.78, 5) is 33.3. The number of aromatic nitrogens is 2. The molecular formula is C44H53N3O10. The molecule has 304 valence electrons. The number of pyridine rings is 1. The number of anilines is 1. The van der Waals surface area contributed by atoms with Crippen LogP contribution in [0.3, 0.4) is 0 Å². The van der Waals surface area contributed by atoms with Gasteiger partial charge in [0.2, 0.25) is 0 Å². The number of Topliss-reactive ketones (excluding diaryl/α,β-unsaturated/α-hetero) is 1. The van der Waals surface area contributed by atoms with Gasteiger partial charge in [-0.1, -0.05) is 52.5 Å². The van der Waals surface area contributed by atoms with Crippen LogP contribution < -0.4 is 10.1 Å². The minimum Gasteiger partial charge on any atom is -0.507 e. The second kappa shape index (κ2) is 15.5. The Hall–Kier alpha value is -5.37. The smallest absolute Gasteiger partial charge is 0.312 e. The zero-order valence-corrected chi connectivity index (χ0v) is 34.1. The Morgan fingerprint density at radius 3 is 2.37 bits per heavy atom. The first-order valence-corrected chi connectivity index (χ1v) is 19.1. The van der Waals surface area contributed by atoms with Crippen LogP contribution in [0.2, 0.25) is 0 Å². The topological polar surface area (TPSA) is 181 Å². The van der Waals surface area contributed by atoms with Gasteiger partial charge in [-0.3, -0.25) is 14.0 Å². The number of imidazole rings is 1. The van der Waals surface area contributed by atoms with E-state index in [0.29, 0.717) is 11.4 Å². The van der Waals surface area contributed by atoms with Crippen LogP contribution in [0, 0.1) is 37.5 Å². The largest absolute Gasteiger partial charge is 0.507 e. The lowest BCUT2D eigenvalue weighted by Crippen LogP contribution is -2.45. The molecule has 0 saturated carbocycles.